The molecule has 0 atom stereocenters. The lowest BCUT2D eigenvalue weighted by atomic mass is 10.0. The Balaban J connectivity index is 1.97. The van der Waals surface area contributed by atoms with Crippen molar-refractivity contribution in [2.24, 2.45) is 5.73 Å². The molecule has 0 bridgehead atoms. The van der Waals surface area contributed by atoms with E-state index in [0.29, 0.717) is 6.54 Å². The highest BCUT2D eigenvalue weighted by Gasteiger charge is 2.09. The molecule has 2 aromatic carbocycles. The Morgan fingerprint density at radius 1 is 0.900 bits per heavy atom. The van der Waals surface area contributed by atoms with Crippen LogP contribution in [0.3, 0.4) is 0 Å². The first-order chi connectivity index (χ1) is 9.88. The third-order valence-electron chi connectivity index (χ3n) is 3.40. The van der Waals surface area contributed by atoms with Gasteiger partial charge in [-0.15, -0.1) is 0 Å². The second kappa shape index (κ2) is 5.72. The number of H-pyrrole nitrogens is 1. The SMILES string of the molecule is NCCc1ccc(-c2cn[nH]c2-c2ccccc2)cc1. The van der Waals surface area contributed by atoms with Crippen LogP contribution in [0.15, 0.2) is 60.8 Å². The minimum absolute atomic E-state index is 0.681. The first kappa shape index (κ1) is 12.6. The van der Waals surface area contributed by atoms with E-state index >= 15 is 0 Å². The van der Waals surface area contributed by atoms with E-state index in [-0.39, 0.29) is 0 Å². The summed E-state index contributed by atoms with van der Waals surface area (Å²) < 4.78 is 0. The van der Waals surface area contributed by atoms with Gasteiger partial charge in [-0.25, -0.2) is 0 Å². The van der Waals surface area contributed by atoms with Crippen molar-refractivity contribution in [1.82, 2.24) is 10.2 Å². The fourth-order valence-electron chi connectivity index (χ4n) is 2.35. The van der Waals surface area contributed by atoms with E-state index < -0.39 is 0 Å². The van der Waals surface area contributed by atoms with Gasteiger partial charge in [0.15, 0.2) is 0 Å². The first-order valence-corrected chi connectivity index (χ1v) is 6.76. The van der Waals surface area contributed by atoms with Crippen LogP contribution in [0.25, 0.3) is 22.4 Å². The zero-order valence-electron chi connectivity index (χ0n) is 11.2. The van der Waals surface area contributed by atoms with Crippen LogP contribution in [0.2, 0.25) is 0 Å². The van der Waals surface area contributed by atoms with Crippen molar-refractivity contribution < 1.29 is 0 Å². The smallest absolute Gasteiger partial charge is 0.0728 e. The van der Waals surface area contributed by atoms with Gasteiger partial charge in [0.05, 0.1) is 11.9 Å². The summed E-state index contributed by atoms with van der Waals surface area (Å²) in [5.74, 6) is 0. The van der Waals surface area contributed by atoms with Gasteiger partial charge in [0, 0.05) is 11.1 Å². The Bertz CT molecular complexity index is 669. The number of hydrogen-bond donors (Lipinski definition) is 2. The van der Waals surface area contributed by atoms with Crippen molar-refractivity contribution in [3.63, 3.8) is 0 Å². The molecule has 1 heterocycles. The molecule has 0 aliphatic rings. The average Bonchev–Trinajstić information content (AvgIpc) is 2.99. The predicted molar refractivity (Wildman–Crippen MR) is 82.2 cm³/mol. The van der Waals surface area contributed by atoms with Gasteiger partial charge in [-0.3, -0.25) is 5.10 Å². The molecule has 0 saturated heterocycles. The van der Waals surface area contributed by atoms with Gasteiger partial charge in [0.1, 0.15) is 0 Å². The van der Waals surface area contributed by atoms with Crippen LogP contribution in [-0.2, 0) is 6.42 Å². The summed E-state index contributed by atoms with van der Waals surface area (Å²) in [5.41, 5.74) is 11.3. The number of nitrogens with zero attached hydrogens (tertiary/aromatic N) is 1. The summed E-state index contributed by atoms with van der Waals surface area (Å²) in [5, 5.41) is 7.28. The zero-order chi connectivity index (χ0) is 13.8. The van der Waals surface area contributed by atoms with Gasteiger partial charge in [-0.2, -0.15) is 5.10 Å². The van der Waals surface area contributed by atoms with Crippen LogP contribution in [0.1, 0.15) is 5.56 Å². The molecule has 3 rings (SSSR count). The highest BCUT2D eigenvalue weighted by Crippen LogP contribution is 2.29. The quantitative estimate of drug-likeness (QED) is 0.759. The van der Waals surface area contributed by atoms with Gasteiger partial charge in [0.25, 0.3) is 0 Å². The molecule has 100 valence electrons. The monoisotopic (exact) mass is 263 g/mol. The number of hydrogen-bond acceptors (Lipinski definition) is 2. The molecular weight excluding hydrogens is 246 g/mol. The number of rotatable bonds is 4. The molecule has 3 aromatic rings. The number of nitrogens with one attached hydrogen (secondary N) is 1. The second-order valence-corrected chi connectivity index (χ2v) is 4.76. The molecule has 0 unspecified atom stereocenters. The van der Waals surface area contributed by atoms with E-state index in [1.54, 1.807) is 0 Å². The van der Waals surface area contributed by atoms with Crippen LogP contribution >= 0.6 is 0 Å². The van der Waals surface area contributed by atoms with Crippen molar-refractivity contribution in [1.29, 1.82) is 0 Å². The molecule has 3 heteroatoms. The van der Waals surface area contributed by atoms with Crippen molar-refractivity contribution in [2.75, 3.05) is 6.54 Å². The number of aromatic amines is 1. The molecule has 3 nitrogen and oxygen atoms in total. The summed E-state index contributed by atoms with van der Waals surface area (Å²) in [6.07, 6.45) is 2.79. The molecule has 20 heavy (non-hydrogen) atoms. The number of nitrogens with two attached hydrogens (primary N) is 1. The summed E-state index contributed by atoms with van der Waals surface area (Å²) in [6.45, 7) is 0.681. The molecular formula is C17H17N3. The van der Waals surface area contributed by atoms with Gasteiger partial charge in [-0.1, -0.05) is 54.6 Å². The van der Waals surface area contributed by atoms with Gasteiger partial charge in [-0.05, 0) is 24.1 Å². The van der Waals surface area contributed by atoms with E-state index in [1.807, 2.05) is 24.4 Å². The maximum atomic E-state index is 5.58. The summed E-state index contributed by atoms with van der Waals surface area (Å²) >= 11 is 0. The lowest BCUT2D eigenvalue weighted by Gasteiger charge is -2.05. The van der Waals surface area contributed by atoms with E-state index in [1.165, 1.54) is 11.1 Å². The van der Waals surface area contributed by atoms with Crippen molar-refractivity contribution in [3.8, 4) is 22.4 Å². The Labute approximate surface area is 118 Å². The van der Waals surface area contributed by atoms with Crippen LogP contribution in [-0.4, -0.2) is 16.7 Å². The maximum absolute atomic E-state index is 5.58. The van der Waals surface area contributed by atoms with E-state index in [9.17, 15) is 0 Å². The fraction of sp³-hybridized carbons (Fsp3) is 0.118. The molecule has 0 aliphatic carbocycles. The highest BCUT2D eigenvalue weighted by molar-refractivity contribution is 5.80. The lowest BCUT2D eigenvalue weighted by Crippen LogP contribution is -2.02. The molecule has 0 amide bonds. The number of aromatic nitrogens is 2. The Morgan fingerprint density at radius 3 is 2.35 bits per heavy atom. The number of benzene rings is 2. The Morgan fingerprint density at radius 2 is 1.65 bits per heavy atom. The average molecular weight is 263 g/mol. The lowest BCUT2D eigenvalue weighted by molar-refractivity contribution is 0.969. The molecule has 0 radical (unpaired) electrons. The maximum Gasteiger partial charge on any atom is 0.0728 e. The van der Waals surface area contributed by atoms with Crippen LogP contribution in [0.5, 0.6) is 0 Å². The third-order valence-corrected chi connectivity index (χ3v) is 3.40. The minimum atomic E-state index is 0.681. The topological polar surface area (TPSA) is 54.7 Å². The van der Waals surface area contributed by atoms with Gasteiger partial charge >= 0.3 is 0 Å². The molecule has 3 N–H and O–H groups in total. The van der Waals surface area contributed by atoms with Crippen molar-refractivity contribution >= 4 is 0 Å². The largest absolute Gasteiger partial charge is 0.330 e. The molecule has 0 fully saturated rings. The molecule has 0 saturated carbocycles. The van der Waals surface area contributed by atoms with Crippen molar-refractivity contribution in [2.45, 2.75) is 6.42 Å². The Hall–Kier alpha value is -2.39. The summed E-state index contributed by atoms with van der Waals surface area (Å²) in [7, 11) is 0. The van der Waals surface area contributed by atoms with Crippen LogP contribution in [0.4, 0.5) is 0 Å². The third kappa shape index (κ3) is 2.49. The first-order valence-electron chi connectivity index (χ1n) is 6.76. The van der Waals surface area contributed by atoms with Crippen LogP contribution in [0, 0.1) is 0 Å². The van der Waals surface area contributed by atoms with Gasteiger partial charge < -0.3 is 5.73 Å². The van der Waals surface area contributed by atoms with Gasteiger partial charge in [0.2, 0.25) is 0 Å². The zero-order valence-corrected chi connectivity index (χ0v) is 11.2. The van der Waals surface area contributed by atoms with E-state index in [4.69, 9.17) is 5.73 Å². The molecule has 0 aliphatic heterocycles. The highest BCUT2D eigenvalue weighted by atomic mass is 15.1. The fourth-order valence-corrected chi connectivity index (χ4v) is 2.35. The second-order valence-electron chi connectivity index (χ2n) is 4.76. The Kier molecular flexibility index (Phi) is 3.61. The molecule has 1 aromatic heterocycles. The summed E-state index contributed by atoms with van der Waals surface area (Å²) in [4.78, 5) is 0. The van der Waals surface area contributed by atoms with Crippen LogP contribution < -0.4 is 5.73 Å². The summed E-state index contributed by atoms with van der Waals surface area (Å²) in [6, 6.07) is 18.8. The molecule has 0 spiro atoms. The van der Waals surface area contributed by atoms with E-state index in [0.717, 1.165) is 23.2 Å². The van der Waals surface area contributed by atoms with E-state index in [2.05, 4.69) is 46.6 Å². The van der Waals surface area contributed by atoms with Crippen molar-refractivity contribution in [3.05, 3.63) is 66.4 Å². The predicted octanol–water partition coefficient (Wildman–Crippen LogP) is 3.24. The normalized spacial score (nSPS) is 10.7. The minimum Gasteiger partial charge on any atom is -0.330 e. The standard InChI is InChI=1S/C17H17N3/c18-11-10-13-6-8-14(9-7-13)16-12-19-20-17(16)15-4-2-1-3-5-15/h1-9,12H,10-11,18H2,(H,19,20).